The van der Waals surface area contributed by atoms with Crippen LogP contribution in [0.2, 0.25) is 0 Å². The van der Waals surface area contributed by atoms with Crippen molar-refractivity contribution in [2.24, 2.45) is 11.5 Å². The Morgan fingerprint density at radius 2 is 1.74 bits per heavy atom. The number of rotatable bonds is 5. The number of pyridine rings is 2. The summed E-state index contributed by atoms with van der Waals surface area (Å²) in [4.78, 5) is 45.5. The zero-order valence-corrected chi connectivity index (χ0v) is 22.9. The van der Waals surface area contributed by atoms with Crippen molar-refractivity contribution in [3.05, 3.63) is 47.6 Å². The maximum absolute atomic E-state index is 13.0. The van der Waals surface area contributed by atoms with Crippen LogP contribution in [0.25, 0.3) is 10.2 Å². The number of thiophene rings is 1. The first-order valence-electron chi connectivity index (χ1n) is 13.2. The largest absolute Gasteiger partial charge is 0.474 e. The number of ether oxygens (including phenoxy) is 1. The van der Waals surface area contributed by atoms with Crippen LogP contribution >= 0.6 is 11.3 Å². The molecule has 3 aromatic rings. The molecule has 0 atom stereocenters. The minimum Gasteiger partial charge on any atom is -0.474 e. The molecule has 1 aliphatic heterocycles. The summed E-state index contributed by atoms with van der Waals surface area (Å²) in [5, 5.41) is 3.51. The highest BCUT2D eigenvalue weighted by atomic mass is 32.1. The van der Waals surface area contributed by atoms with Gasteiger partial charge in [0.2, 0.25) is 11.8 Å². The van der Waals surface area contributed by atoms with Crippen LogP contribution in [-0.2, 0) is 4.79 Å². The van der Waals surface area contributed by atoms with E-state index in [0.717, 1.165) is 24.5 Å². The Balaban J connectivity index is 0.000000299. The van der Waals surface area contributed by atoms with Crippen molar-refractivity contribution in [1.82, 2.24) is 9.97 Å². The smallest absolute Gasteiger partial charge is 0.331 e. The molecule has 206 valence electrons. The van der Waals surface area contributed by atoms with Gasteiger partial charge in [0.05, 0.1) is 28.6 Å². The van der Waals surface area contributed by atoms with Gasteiger partial charge in [0, 0.05) is 12.3 Å². The highest BCUT2D eigenvalue weighted by molar-refractivity contribution is 7.21. The molecule has 0 bridgehead atoms. The van der Waals surface area contributed by atoms with Crippen molar-refractivity contribution in [3.8, 4) is 5.88 Å². The summed E-state index contributed by atoms with van der Waals surface area (Å²) in [6, 6.07) is 3.24. The molecule has 2 saturated carbocycles. The SMILES string of the molecule is C1CCCC1.C=CC(N)=O.Cc1cc(OC2CCCC2)ncc1N1C(=O)Nc2c(C(N)=O)sc3nccc1c23. The molecule has 6 rings (SSSR count). The molecular weight excluding hydrogens is 516 g/mol. The van der Waals surface area contributed by atoms with Gasteiger partial charge >= 0.3 is 6.03 Å². The molecule has 2 aliphatic carbocycles. The molecule has 2 fully saturated rings. The lowest BCUT2D eigenvalue weighted by atomic mass is 10.1. The second-order valence-electron chi connectivity index (χ2n) is 9.65. The zero-order chi connectivity index (χ0) is 27.9. The van der Waals surface area contributed by atoms with E-state index in [0.29, 0.717) is 38.0 Å². The first kappa shape index (κ1) is 28.0. The molecule has 0 aromatic carbocycles. The number of carbonyl (C=O) groups excluding carboxylic acids is 3. The molecule has 3 aliphatic rings. The Morgan fingerprint density at radius 3 is 2.31 bits per heavy atom. The van der Waals surface area contributed by atoms with Crippen molar-refractivity contribution in [2.45, 2.75) is 70.8 Å². The van der Waals surface area contributed by atoms with Crippen LogP contribution in [0.15, 0.2) is 37.2 Å². The fraction of sp³-hybridized carbons (Fsp3) is 0.393. The van der Waals surface area contributed by atoms with E-state index in [9.17, 15) is 14.4 Å². The summed E-state index contributed by atoms with van der Waals surface area (Å²) >= 11 is 1.17. The molecule has 5 N–H and O–H groups in total. The number of aromatic nitrogens is 2. The average molecular weight is 551 g/mol. The third-order valence-corrected chi connectivity index (χ3v) is 7.92. The molecule has 0 spiro atoms. The molecule has 10 nitrogen and oxygen atoms in total. The van der Waals surface area contributed by atoms with E-state index in [2.05, 4.69) is 27.6 Å². The number of nitrogens with one attached hydrogen (secondary N) is 1. The average Bonchev–Trinajstić information content (AvgIpc) is 3.70. The number of hydrogen-bond acceptors (Lipinski definition) is 7. The third-order valence-electron chi connectivity index (χ3n) is 6.81. The van der Waals surface area contributed by atoms with Crippen molar-refractivity contribution < 1.29 is 19.1 Å². The second kappa shape index (κ2) is 12.7. The summed E-state index contributed by atoms with van der Waals surface area (Å²) in [5.41, 5.74) is 12.6. The minimum atomic E-state index is -0.589. The molecular formula is C28H34N6O4S. The third kappa shape index (κ3) is 6.54. The maximum atomic E-state index is 13.0. The van der Waals surface area contributed by atoms with Crippen LogP contribution in [0.3, 0.4) is 0 Å². The lowest BCUT2D eigenvalue weighted by Crippen LogP contribution is -2.35. The first-order chi connectivity index (χ1) is 18.8. The fourth-order valence-corrected chi connectivity index (χ4v) is 5.85. The van der Waals surface area contributed by atoms with Crippen LogP contribution in [0, 0.1) is 6.92 Å². The molecule has 3 aromatic heterocycles. The van der Waals surface area contributed by atoms with Gasteiger partial charge in [0.25, 0.3) is 5.91 Å². The number of nitrogens with zero attached hydrogens (tertiary/aromatic N) is 3. The summed E-state index contributed by atoms with van der Waals surface area (Å²) < 4.78 is 5.98. The molecule has 0 radical (unpaired) electrons. The highest BCUT2D eigenvalue weighted by Crippen LogP contribution is 2.46. The van der Waals surface area contributed by atoms with Gasteiger partial charge in [-0.05, 0) is 50.3 Å². The van der Waals surface area contributed by atoms with Crippen molar-refractivity contribution in [2.75, 3.05) is 10.2 Å². The topological polar surface area (TPSA) is 154 Å². The highest BCUT2D eigenvalue weighted by Gasteiger charge is 2.33. The quantitative estimate of drug-likeness (QED) is 0.346. The summed E-state index contributed by atoms with van der Waals surface area (Å²) in [7, 11) is 0. The Kier molecular flexibility index (Phi) is 9.13. The molecule has 0 unspecified atom stereocenters. The first-order valence-corrected chi connectivity index (χ1v) is 14.0. The van der Waals surface area contributed by atoms with Gasteiger partial charge < -0.3 is 21.5 Å². The normalized spacial score (nSPS) is 16.0. The van der Waals surface area contributed by atoms with Crippen molar-refractivity contribution in [1.29, 1.82) is 0 Å². The van der Waals surface area contributed by atoms with Gasteiger partial charge in [0.15, 0.2) is 0 Å². The number of hydrogen-bond donors (Lipinski definition) is 3. The predicted molar refractivity (Wildman–Crippen MR) is 154 cm³/mol. The molecule has 0 saturated heterocycles. The Morgan fingerprint density at radius 1 is 1.10 bits per heavy atom. The van der Waals surface area contributed by atoms with Gasteiger partial charge in [-0.15, -0.1) is 11.3 Å². The van der Waals surface area contributed by atoms with Gasteiger partial charge in [-0.3, -0.25) is 14.5 Å². The maximum Gasteiger partial charge on any atom is 0.331 e. The predicted octanol–water partition coefficient (Wildman–Crippen LogP) is 5.71. The van der Waals surface area contributed by atoms with Crippen molar-refractivity contribution >= 4 is 56.5 Å². The van der Waals surface area contributed by atoms with Crippen LogP contribution < -0.4 is 26.4 Å². The van der Waals surface area contributed by atoms with Crippen LogP contribution in [0.5, 0.6) is 5.88 Å². The zero-order valence-electron chi connectivity index (χ0n) is 22.1. The van der Waals surface area contributed by atoms with E-state index in [1.54, 1.807) is 23.4 Å². The van der Waals surface area contributed by atoms with E-state index in [1.807, 2.05) is 13.0 Å². The lowest BCUT2D eigenvalue weighted by Gasteiger charge is -2.29. The van der Waals surface area contributed by atoms with Gasteiger partial charge in [-0.25, -0.2) is 14.8 Å². The monoisotopic (exact) mass is 550 g/mol. The van der Waals surface area contributed by atoms with Gasteiger partial charge in [-0.2, -0.15) is 0 Å². The van der Waals surface area contributed by atoms with Crippen LogP contribution in [-0.4, -0.2) is 33.9 Å². The number of primary amides is 2. The standard InChI is InChI=1S/C20H19N5O3S.C5H10.C3H5NO/c1-10-8-14(28-11-4-2-3-5-11)23-9-13(10)25-12-6-7-22-19-15(12)16(24-20(25)27)17(29-19)18(21)26;1-2-4-5-3-1;1-2-3(4)5/h6-9,11H,2-5H2,1H3,(H2,21,26)(H,24,27);1-5H2;2H,1H2,(H2,4,5). The number of nitrogens with two attached hydrogens (primary N) is 2. The number of amides is 4. The molecule has 4 heterocycles. The van der Waals surface area contributed by atoms with Crippen LogP contribution in [0.1, 0.15) is 73.0 Å². The summed E-state index contributed by atoms with van der Waals surface area (Å²) in [6.45, 7) is 5.00. The van der Waals surface area contributed by atoms with E-state index in [-0.39, 0.29) is 12.1 Å². The van der Waals surface area contributed by atoms with Gasteiger partial charge in [0.1, 0.15) is 15.8 Å². The number of urea groups is 1. The Hall–Kier alpha value is -3.99. The fourth-order valence-electron chi connectivity index (χ4n) is 4.88. The van der Waals surface area contributed by atoms with E-state index >= 15 is 0 Å². The van der Waals surface area contributed by atoms with Crippen molar-refractivity contribution in [3.63, 3.8) is 0 Å². The Labute approximate surface area is 231 Å². The minimum absolute atomic E-state index is 0.214. The molecule has 11 heteroatoms. The summed E-state index contributed by atoms with van der Waals surface area (Å²) in [5.74, 6) is -0.498. The Bertz CT molecular complexity index is 1370. The number of carbonyl (C=O) groups is 3. The van der Waals surface area contributed by atoms with Crippen LogP contribution in [0.4, 0.5) is 21.9 Å². The second-order valence-corrected chi connectivity index (χ2v) is 10.7. The molecule has 4 amide bonds. The van der Waals surface area contributed by atoms with E-state index < -0.39 is 11.8 Å². The molecule has 39 heavy (non-hydrogen) atoms. The van der Waals surface area contributed by atoms with Gasteiger partial charge in [-0.1, -0.05) is 38.7 Å². The van der Waals surface area contributed by atoms with E-state index in [4.69, 9.17) is 10.5 Å². The lowest BCUT2D eigenvalue weighted by molar-refractivity contribution is -0.113. The summed E-state index contributed by atoms with van der Waals surface area (Å²) in [6.07, 6.45) is 16.5. The number of anilines is 3. The number of aryl methyl sites for hydroxylation is 1. The van der Waals surface area contributed by atoms with E-state index in [1.165, 1.54) is 56.3 Å².